The zero-order valence-electron chi connectivity index (χ0n) is 13.5. The van der Waals surface area contributed by atoms with Gasteiger partial charge in [0.2, 0.25) is 0 Å². The van der Waals surface area contributed by atoms with Crippen LogP contribution in [0.2, 0.25) is 0 Å². The van der Waals surface area contributed by atoms with Crippen LogP contribution in [0.1, 0.15) is 28.2 Å². The SMILES string of the molecule is C=CCSc1n[nH]c2c1-c1nn(CCCN)c(C(=O)O)c1CC2.Cl.Cl. The number of aromatic carboxylic acids is 1. The summed E-state index contributed by atoms with van der Waals surface area (Å²) >= 11 is 1.57. The van der Waals surface area contributed by atoms with Crippen LogP contribution in [0.15, 0.2) is 17.7 Å². The average Bonchev–Trinajstić information content (AvgIpc) is 3.11. The number of thioether (sulfide) groups is 1. The van der Waals surface area contributed by atoms with Gasteiger partial charge in [-0.1, -0.05) is 17.8 Å². The number of aromatic nitrogens is 4. The Bertz CT molecular complexity index is 759. The summed E-state index contributed by atoms with van der Waals surface area (Å²) in [4.78, 5) is 11.7. The predicted octanol–water partition coefficient (Wildman–Crippen LogP) is 2.54. The van der Waals surface area contributed by atoms with E-state index in [1.54, 1.807) is 16.4 Å². The Balaban J connectivity index is 0.00000156. The third-order valence-electron chi connectivity index (χ3n) is 3.83. The number of hydrogen-bond donors (Lipinski definition) is 3. The topological polar surface area (TPSA) is 110 Å². The van der Waals surface area contributed by atoms with Gasteiger partial charge in [0.25, 0.3) is 0 Å². The molecule has 138 valence electrons. The van der Waals surface area contributed by atoms with E-state index in [1.165, 1.54) is 0 Å². The van der Waals surface area contributed by atoms with Crippen LogP contribution in [0, 0.1) is 0 Å². The molecular formula is C15H21Cl2N5O2S. The van der Waals surface area contributed by atoms with Gasteiger partial charge in [-0.05, 0) is 25.8 Å². The van der Waals surface area contributed by atoms with E-state index in [2.05, 4.69) is 21.9 Å². The highest BCUT2D eigenvalue weighted by Gasteiger charge is 2.31. The Labute approximate surface area is 162 Å². The van der Waals surface area contributed by atoms with Crippen LogP contribution < -0.4 is 5.73 Å². The van der Waals surface area contributed by atoms with Crippen molar-refractivity contribution in [3.05, 3.63) is 29.6 Å². The maximum atomic E-state index is 11.7. The normalized spacial score (nSPS) is 11.7. The van der Waals surface area contributed by atoms with Crippen LogP contribution in [0.3, 0.4) is 0 Å². The summed E-state index contributed by atoms with van der Waals surface area (Å²) < 4.78 is 1.57. The summed E-state index contributed by atoms with van der Waals surface area (Å²) in [7, 11) is 0. The summed E-state index contributed by atoms with van der Waals surface area (Å²) in [5.74, 6) is -0.199. The molecule has 0 spiro atoms. The molecule has 2 aromatic rings. The zero-order chi connectivity index (χ0) is 16.4. The molecule has 0 radical (unpaired) electrons. The second-order valence-electron chi connectivity index (χ2n) is 5.33. The molecule has 10 heteroatoms. The molecule has 0 aromatic carbocycles. The van der Waals surface area contributed by atoms with Crippen LogP contribution in [0.5, 0.6) is 0 Å². The molecule has 0 atom stereocenters. The molecule has 4 N–H and O–H groups in total. The van der Waals surface area contributed by atoms with Gasteiger partial charge in [0, 0.05) is 23.6 Å². The van der Waals surface area contributed by atoms with Crippen molar-refractivity contribution in [3.8, 4) is 11.3 Å². The van der Waals surface area contributed by atoms with Gasteiger partial charge in [0.1, 0.15) is 16.4 Å². The standard InChI is InChI=1S/C15H19N5O2S.2ClH/c1-2-8-23-14-11-10(17-18-14)5-4-9-12(11)19-20(7-3-6-16)13(9)15(21)22;;/h2H,1,3-8,16H2,(H,17,18)(H,21,22);2*1H. The molecule has 2 heterocycles. The molecule has 0 aliphatic heterocycles. The average molecular weight is 406 g/mol. The van der Waals surface area contributed by atoms with E-state index in [1.807, 2.05) is 6.08 Å². The first kappa shape index (κ1) is 21.6. The number of hydrogen-bond acceptors (Lipinski definition) is 5. The maximum absolute atomic E-state index is 11.7. The van der Waals surface area contributed by atoms with Gasteiger partial charge in [0.05, 0.1) is 5.56 Å². The van der Waals surface area contributed by atoms with Crippen LogP contribution >= 0.6 is 36.6 Å². The Morgan fingerprint density at radius 2 is 2.20 bits per heavy atom. The first-order valence-corrected chi connectivity index (χ1v) is 8.50. The molecule has 0 saturated heterocycles. The Kier molecular flexibility index (Phi) is 8.01. The van der Waals surface area contributed by atoms with Crippen molar-refractivity contribution in [1.82, 2.24) is 20.0 Å². The van der Waals surface area contributed by atoms with E-state index >= 15 is 0 Å². The molecule has 2 aromatic heterocycles. The number of aryl methyl sites for hydroxylation is 2. The van der Waals surface area contributed by atoms with Crippen molar-refractivity contribution in [2.24, 2.45) is 5.73 Å². The maximum Gasteiger partial charge on any atom is 0.354 e. The van der Waals surface area contributed by atoms with Crippen molar-refractivity contribution < 1.29 is 9.90 Å². The van der Waals surface area contributed by atoms with Gasteiger partial charge in [-0.15, -0.1) is 31.4 Å². The molecule has 0 amide bonds. The van der Waals surface area contributed by atoms with Gasteiger partial charge in [-0.2, -0.15) is 10.2 Å². The lowest BCUT2D eigenvalue weighted by Crippen LogP contribution is -2.14. The van der Waals surface area contributed by atoms with Crippen molar-refractivity contribution >= 4 is 42.5 Å². The molecule has 0 bridgehead atoms. The predicted molar refractivity (Wildman–Crippen MR) is 103 cm³/mol. The zero-order valence-corrected chi connectivity index (χ0v) is 16.0. The lowest BCUT2D eigenvalue weighted by molar-refractivity contribution is 0.0681. The number of halogens is 2. The summed E-state index contributed by atoms with van der Waals surface area (Å²) in [5, 5.41) is 22.4. The number of carboxylic acid groups (broad SMARTS) is 1. The summed E-state index contributed by atoms with van der Waals surface area (Å²) in [6.07, 6.45) is 3.91. The molecule has 25 heavy (non-hydrogen) atoms. The van der Waals surface area contributed by atoms with E-state index < -0.39 is 5.97 Å². The van der Waals surface area contributed by atoms with E-state index in [0.717, 1.165) is 39.7 Å². The van der Waals surface area contributed by atoms with Gasteiger partial charge in [-0.25, -0.2) is 4.79 Å². The van der Waals surface area contributed by atoms with Crippen molar-refractivity contribution in [3.63, 3.8) is 0 Å². The van der Waals surface area contributed by atoms with Gasteiger partial charge >= 0.3 is 5.97 Å². The minimum Gasteiger partial charge on any atom is -0.477 e. The number of nitrogens with zero attached hydrogens (tertiary/aromatic N) is 3. The minimum atomic E-state index is -0.942. The summed E-state index contributed by atoms with van der Waals surface area (Å²) in [5.41, 5.74) is 9.31. The molecular weight excluding hydrogens is 385 g/mol. The highest BCUT2D eigenvalue weighted by atomic mass is 35.5. The number of nitrogens with two attached hydrogens (primary N) is 1. The van der Waals surface area contributed by atoms with Crippen LogP contribution in [-0.4, -0.2) is 43.4 Å². The van der Waals surface area contributed by atoms with Gasteiger partial charge < -0.3 is 10.8 Å². The third-order valence-corrected chi connectivity index (χ3v) is 4.81. The molecule has 1 aliphatic carbocycles. The molecule has 0 saturated carbocycles. The quantitative estimate of drug-likeness (QED) is 0.482. The second-order valence-corrected chi connectivity index (χ2v) is 6.34. The smallest absolute Gasteiger partial charge is 0.354 e. The minimum absolute atomic E-state index is 0. The van der Waals surface area contributed by atoms with Crippen LogP contribution in [-0.2, 0) is 19.4 Å². The second kappa shape index (κ2) is 9.28. The number of carbonyl (C=O) groups is 1. The molecule has 0 unspecified atom stereocenters. The number of H-pyrrole nitrogens is 1. The first-order chi connectivity index (χ1) is 11.2. The largest absolute Gasteiger partial charge is 0.477 e. The lowest BCUT2D eigenvalue weighted by atomic mass is 9.94. The lowest BCUT2D eigenvalue weighted by Gasteiger charge is -2.11. The fraction of sp³-hybridized carbons (Fsp3) is 0.400. The summed E-state index contributed by atoms with van der Waals surface area (Å²) in [6, 6.07) is 0. The van der Waals surface area contributed by atoms with Crippen molar-refractivity contribution in [1.29, 1.82) is 0 Å². The fourth-order valence-corrected chi connectivity index (χ4v) is 3.61. The molecule has 7 nitrogen and oxygen atoms in total. The Morgan fingerprint density at radius 3 is 2.84 bits per heavy atom. The third kappa shape index (κ3) is 4.03. The molecule has 1 aliphatic rings. The van der Waals surface area contributed by atoms with Crippen LogP contribution in [0.4, 0.5) is 0 Å². The van der Waals surface area contributed by atoms with E-state index in [0.29, 0.717) is 25.9 Å². The fourth-order valence-electron chi connectivity index (χ4n) is 2.86. The number of fused-ring (bicyclic) bond motifs is 3. The monoisotopic (exact) mass is 405 g/mol. The van der Waals surface area contributed by atoms with Crippen LogP contribution in [0.25, 0.3) is 11.3 Å². The first-order valence-electron chi connectivity index (χ1n) is 7.51. The highest BCUT2D eigenvalue weighted by molar-refractivity contribution is 7.99. The van der Waals surface area contributed by atoms with Gasteiger partial charge in [0.15, 0.2) is 0 Å². The van der Waals surface area contributed by atoms with Gasteiger partial charge in [-0.3, -0.25) is 9.78 Å². The number of nitrogens with one attached hydrogen (secondary N) is 1. The molecule has 3 rings (SSSR count). The van der Waals surface area contributed by atoms with E-state index in [4.69, 9.17) is 5.73 Å². The van der Waals surface area contributed by atoms with E-state index in [-0.39, 0.29) is 30.5 Å². The Hall–Kier alpha value is -1.48. The van der Waals surface area contributed by atoms with E-state index in [9.17, 15) is 9.90 Å². The Morgan fingerprint density at radius 1 is 1.44 bits per heavy atom. The number of carboxylic acids is 1. The van der Waals surface area contributed by atoms with Crippen molar-refractivity contribution in [2.45, 2.75) is 30.8 Å². The summed E-state index contributed by atoms with van der Waals surface area (Å²) in [6.45, 7) is 4.73. The number of aromatic amines is 1. The highest BCUT2D eigenvalue weighted by Crippen LogP contribution is 2.39. The van der Waals surface area contributed by atoms with Crippen molar-refractivity contribution in [2.75, 3.05) is 12.3 Å². The number of rotatable bonds is 7. The molecule has 0 fully saturated rings.